The Morgan fingerprint density at radius 2 is 1.96 bits per heavy atom. The number of amides is 1. The van der Waals surface area contributed by atoms with Crippen LogP contribution < -0.4 is 0 Å². The van der Waals surface area contributed by atoms with E-state index in [1.54, 1.807) is 48.0 Å². The summed E-state index contributed by atoms with van der Waals surface area (Å²) in [6, 6.07) is 9.62. The Kier molecular flexibility index (Phi) is 4.20. The number of halogens is 1. The third-order valence-electron chi connectivity index (χ3n) is 3.90. The standard InChI is InChI=1S/C18H18FN3O2/c1-12-17(18(23)21(3)11-16-5-4-10-24-16)13(2)22(20-12)15-8-6-14(19)7-9-15/h4-10H,11H2,1-3H3. The summed E-state index contributed by atoms with van der Waals surface area (Å²) in [4.78, 5) is 14.4. The summed E-state index contributed by atoms with van der Waals surface area (Å²) < 4.78 is 20.0. The molecule has 0 N–H and O–H groups in total. The first-order valence-electron chi connectivity index (χ1n) is 7.57. The van der Waals surface area contributed by atoms with Crippen molar-refractivity contribution >= 4 is 5.91 Å². The zero-order chi connectivity index (χ0) is 17.3. The predicted molar refractivity (Wildman–Crippen MR) is 87.5 cm³/mol. The van der Waals surface area contributed by atoms with Crippen molar-refractivity contribution in [3.8, 4) is 5.69 Å². The van der Waals surface area contributed by atoms with Crippen LogP contribution >= 0.6 is 0 Å². The molecule has 3 aromatic rings. The molecule has 0 aliphatic rings. The van der Waals surface area contributed by atoms with E-state index < -0.39 is 0 Å². The van der Waals surface area contributed by atoms with Crippen molar-refractivity contribution in [2.75, 3.05) is 7.05 Å². The summed E-state index contributed by atoms with van der Waals surface area (Å²) in [6.07, 6.45) is 1.58. The average Bonchev–Trinajstić information content (AvgIpc) is 3.16. The van der Waals surface area contributed by atoms with Crippen LogP contribution in [0.1, 0.15) is 27.5 Å². The summed E-state index contributed by atoms with van der Waals surface area (Å²) in [5.41, 5.74) is 2.61. The van der Waals surface area contributed by atoms with Gasteiger partial charge < -0.3 is 9.32 Å². The number of benzene rings is 1. The Labute approximate surface area is 139 Å². The molecule has 6 heteroatoms. The highest BCUT2D eigenvalue weighted by Gasteiger charge is 2.22. The van der Waals surface area contributed by atoms with Gasteiger partial charge in [0.25, 0.3) is 5.91 Å². The molecule has 0 saturated carbocycles. The Morgan fingerprint density at radius 1 is 1.25 bits per heavy atom. The van der Waals surface area contributed by atoms with E-state index in [1.807, 2.05) is 13.0 Å². The fourth-order valence-electron chi connectivity index (χ4n) is 2.68. The maximum Gasteiger partial charge on any atom is 0.257 e. The van der Waals surface area contributed by atoms with Crippen molar-refractivity contribution in [2.45, 2.75) is 20.4 Å². The predicted octanol–water partition coefficient (Wildman–Crippen LogP) is 3.49. The smallest absolute Gasteiger partial charge is 0.257 e. The monoisotopic (exact) mass is 327 g/mol. The van der Waals surface area contributed by atoms with E-state index in [2.05, 4.69) is 5.10 Å². The zero-order valence-corrected chi connectivity index (χ0v) is 13.8. The molecule has 0 radical (unpaired) electrons. The number of carbonyl (C=O) groups excluding carboxylic acids is 1. The van der Waals surface area contributed by atoms with Crippen molar-refractivity contribution in [1.82, 2.24) is 14.7 Å². The lowest BCUT2D eigenvalue weighted by Gasteiger charge is -2.16. The van der Waals surface area contributed by atoms with Crippen LogP contribution in [0.4, 0.5) is 4.39 Å². The molecule has 2 aromatic heterocycles. The van der Waals surface area contributed by atoms with Gasteiger partial charge in [0.15, 0.2) is 0 Å². The van der Waals surface area contributed by atoms with Crippen molar-refractivity contribution in [1.29, 1.82) is 0 Å². The quantitative estimate of drug-likeness (QED) is 0.737. The molecule has 0 fully saturated rings. The van der Waals surface area contributed by atoms with E-state index in [1.165, 1.54) is 12.1 Å². The van der Waals surface area contributed by atoms with Gasteiger partial charge in [0.05, 0.1) is 35.4 Å². The molecule has 2 heterocycles. The number of nitrogens with zero attached hydrogens (tertiary/aromatic N) is 3. The van der Waals surface area contributed by atoms with Crippen molar-refractivity contribution in [3.63, 3.8) is 0 Å². The van der Waals surface area contributed by atoms with Crippen LogP contribution in [-0.4, -0.2) is 27.6 Å². The van der Waals surface area contributed by atoms with E-state index in [0.717, 1.165) is 5.69 Å². The van der Waals surface area contributed by atoms with Crippen LogP contribution in [0.3, 0.4) is 0 Å². The van der Waals surface area contributed by atoms with Gasteiger partial charge in [0.1, 0.15) is 11.6 Å². The summed E-state index contributed by atoms with van der Waals surface area (Å²) >= 11 is 0. The molecule has 3 rings (SSSR count). The van der Waals surface area contributed by atoms with Gasteiger partial charge in [-0.15, -0.1) is 0 Å². The van der Waals surface area contributed by atoms with Crippen molar-refractivity contribution < 1.29 is 13.6 Å². The lowest BCUT2D eigenvalue weighted by atomic mass is 10.1. The maximum atomic E-state index is 13.1. The normalized spacial score (nSPS) is 10.8. The van der Waals surface area contributed by atoms with Crippen molar-refractivity contribution in [3.05, 3.63) is 71.2 Å². The van der Waals surface area contributed by atoms with Gasteiger partial charge >= 0.3 is 0 Å². The van der Waals surface area contributed by atoms with E-state index in [0.29, 0.717) is 29.2 Å². The third kappa shape index (κ3) is 2.95. The number of hydrogen-bond acceptors (Lipinski definition) is 3. The maximum absolute atomic E-state index is 13.1. The van der Waals surface area contributed by atoms with Crippen LogP contribution in [-0.2, 0) is 6.54 Å². The lowest BCUT2D eigenvalue weighted by Crippen LogP contribution is -2.27. The fraction of sp³-hybridized carbons (Fsp3) is 0.222. The first-order chi connectivity index (χ1) is 11.5. The molecule has 5 nitrogen and oxygen atoms in total. The Bertz CT molecular complexity index is 851. The van der Waals surface area contributed by atoms with Crippen LogP contribution in [0.5, 0.6) is 0 Å². The van der Waals surface area contributed by atoms with Gasteiger partial charge in [-0.3, -0.25) is 4.79 Å². The summed E-state index contributed by atoms with van der Waals surface area (Å²) in [7, 11) is 1.72. The second-order valence-corrected chi connectivity index (χ2v) is 5.67. The summed E-state index contributed by atoms with van der Waals surface area (Å²) in [5, 5.41) is 4.43. The molecule has 24 heavy (non-hydrogen) atoms. The molecule has 1 aromatic carbocycles. The lowest BCUT2D eigenvalue weighted by molar-refractivity contribution is 0.0774. The van der Waals surface area contributed by atoms with Gasteiger partial charge in [0.2, 0.25) is 0 Å². The third-order valence-corrected chi connectivity index (χ3v) is 3.90. The molecule has 0 aliphatic carbocycles. The van der Waals surface area contributed by atoms with Crippen molar-refractivity contribution in [2.24, 2.45) is 0 Å². The van der Waals surface area contributed by atoms with Gasteiger partial charge in [0, 0.05) is 7.05 Å². The molecule has 0 bridgehead atoms. The molecule has 0 aliphatic heterocycles. The topological polar surface area (TPSA) is 51.3 Å². The SMILES string of the molecule is Cc1nn(-c2ccc(F)cc2)c(C)c1C(=O)N(C)Cc1ccco1. The molecule has 124 valence electrons. The second-order valence-electron chi connectivity index (χ2n) is 5.67. The highest BCUT2D eigenvalue weighted by atomic mass is 19.1. The molecular weight excluding hydrogens is 309 g/mol. The minimum atomic E-state index is -0.310. The molecular formula is C18H18FN3O2. The van der Waals surface area contributed by atoms with E-state index in [4.69, 9.17) is 4.42 Å². The molecule has 1 amide bonds. The summed E-state index contributed by atoms with van der Waals surface area (Å²) in [5.74, 6) is 0.275. The molecule has 0 spiro atoms. The highest BCUT2D eigenvalue weighted by molar-refractivity contribution is 5.96. The molecule has 0 atom stereocenters. The number of carbonyl (C=O) groups is 1. The first kappa shape index (κ1) is 16.0. The average molecular weight is 327 g/mol. The van der Waals surface area contributed by atoms with Crippen LogP contribution in [0.15, 0.2) is 47.1 Å². The summed E-state index contributed by atoms with van der Waals surface area (Å²) in [6.45, 7) is 4.00. The van der Waals surface area contributed by atoms with Gasteiger partial charge in [-0.1, -0.05) is 0 Å². The molecule has 0 unspecified atom stereocenters. The second kappa shape index (κ2) is 6.31. The van der Waals surface area contributed by atoms with E-state index >= 15 is 0 Å². The Balaban J connectivity index is 1.91. The van der Waals surface area contributed by atoms with Crippen LogP contribution in [0.25, 0.3) is 5.69 Å². The fourth-order valence-corrected chi connectivity index (χ4v) is 2.68. The molecule has 0 saturated heterocycles. The minimum absolute atomic E-state index is 0.130. The number of aromatic nitrogens is 2. The highest BCUT2D eigenvalue weighted by Crippen LogP contribution is 2.20. The largest absolute Gasteiger partial charge is 0.467 e. The first-order valence-corrected chi connectivity index (χ1v) is 7.57. The number of rotatable bonds is 4. The zero-order valence-electron chi connectivity index (χ0n) is 13.8. The van der Waals surface area contributed by atoms with Crippen LogP contribution in [0, 0.1) is 19.7 Å². The van der Waals surface area contributed by atoms with Gasteiger partial charge in [-0.2, -0.15) is 5.10 Å². The van der Waals surface area contributed by atoms with E-state index in [9.17, 15) is 9.18 Å². The Morgan fingerprint density at radius 3 is 2.58 bits per heavy atom. The van der Waals surface area contributed by atoms with E-state index in [-0.39, 0.29) is 11.7 Å². The van der Waals surface area contributed by atoms with Gasteiger partial charge in [-0.05, 0) is 50.2 Å². The minimum Gasteiger partial charge on any atom is -0.467 e. The number of furan rings is 1. The van der Waals surface area contributed by atoms with Crippen LogP contribution in [0.2, 0.25) is 0 Å². The number of aryl methyl sites for hydroxylation is 1. The Hall–Kier alpha value is -2.89. The number of hydrogen-bond donors (Lipinski definition) is 0. The van der Waals surface area contributed by atoms with Gasteiger partial charge in [-0.25, -0.2) is 9.07 Å².